The summed E-state index contributed by atoms with van der Waals surface area (Å²) in [5.41, 5.74) is 0.958. The molecule has 14 heavy (non-hydrogen) atoms. The van der Waals surface area contributed by atoms with Gasteiger partial charge in [-0.3, -0.25) is 4.79 Å². The van der Waals surface area contributed by atoms with E-state index in [0.29, 0.717) is 6.42 Å². The minimum atomic E-state index is -0.240. The van der Waals surface area contributed by atoms with Crippen LogP contribution in [-0.4, -0.2) is 12.6 Å². The third kappa shape index (κ3) is 4.28. The maximum atomic E-state index is 11.2. The van der Waals surface area contributed by atoms with Gasteiger partial charge in [-0.1, -0.05) is 36.3 Å². The van der Waals surface area contributed by atoms with Crippen molar-refractivity contribution in [3.8, 4) is 9.85 Å². The Labute approximate surface area is 96.8 Å². The molecule has 0 bridgehead atoms. The first-order chi connectivity index (χ1) is 6.83. The van der Waals surface area contributed by atoms with Gasteiger partial charge in [0.15, 0.2) is 6.61 Å². The molecule has 2 nitrogen and oxygen atoms in total. The third-order valence-electron chi connectivity index (χ3n) is 1.56. The molecule has 0 saturated heterocycles. The summed E-state index contributed by atoms with van der Waals surface area (Å²) < 4.78 is 7.50. The van der Waals surface area contributed by atoms with Crippen molar-refractivity contribution in [3.63, 3.8) is 0 Å². The van der Waals surface area contributed by atoms with E-state index in [1.807, 2.05) is 52.9 Å². The number of hydrogen-bond donors (Lipinski definition) is 0. The van der Waals surface area contributed by atoms with Crippen LogP contribution < -0.4 is 0 Å². The minimum Gasteiger partial charge on any atom is -0.452 e. The number of rotatable bonds is 3. The lowest BCUT2D eigenvalue weighted by Crippen LogP contribution is -2.07. The summed E-state index contributed by atoms with van der Waals surface area (Å²) in [5, 5.41) is 0. The predicted molar refractivity (Wildman–Crippen MR) is 62.9 cm³/mol. The van der Waals surface area contributed by atoms with Gasteiger partial charge in [0.2, 0.25) is 0 Å². The van der Waals surface area contributed by atoms with E-state index in [4.69, 9.17) is 4.74 Å². The molecule has 0 saturated carbocycles. The number of benzene rings is 1. The maximum absolute atomic E-state index is 11.2. The van der Waals surface area contributed by atoms with Gasteiger partial charge in [-0.05, 0) is 9.49 Å². The van der Waals surface area contributed by atoms with Crippen molar-refractivity contribution in [1.82, 2.24) is 0 Å². The van der Waals surface area contributed by atoms with Crippen LogP contribution in [0.15, 0.2) is 30.3 Å². The van der Waals surface area contributed by atoms with Gasteiger partial charge >= 0.3 is 5.97 Å². The van der Waals surface area contributed by atoms with Gasteiger partial charge in [0.05, 0.1) is 6.42 Å². The van der Waals surface area contributed by atoms with E-state index in [1.165, 1.54) is 0 Å². The summed E-state index contributed by atoms with van der Waals surface area (Å²) >= 11 is 1.91. The molecular formula is C11H9IO2. The zero-order valence-electron chi connectivity index (χ0n) is 7.50. The molecule has 0 spiro atoms. The van der Waals surface area contributed by atoms with E-state index >= 15 is 0 Å². The molecule has 0 radical (unpaired) electrons. The predicted octanol–water partition coefficient (Wildman–Crippen LogP) is 2.17. The molecule has 1 aromatic carbocycles. The number of carbonyl (C=O) groups excluding carboxylic acids is 1. The average molecular weight is 300 g/mol. The Bertz CT molecular complexity index is 349. The molecule has 0 N–H and O–H groups in total. The van der Waals surface area contributed by atoms with Crippen molar-refractivity contribution in [2.24, 2.45) is 0 Å². The number of carbonyl (C=O) groups is 1. The van der Waals surface area contributed by atoms with Gasteiger partial charge in [-0.2, -0.15) is 0 Å². The molecule has 1 rings (SSSR count). The van der Waals surface area contributed by atoms with E-state index in [0.717, 1.165) is 5.56 Å². The second kappa shape index (κ2) is 6.44. The van der Waals surface area contributed by atoms with Gasteiger partial charge in [0, 0.05) is 22.6 Å². The highest BCUT2D eigenvalue weighted by molar-refractivity contribution is 14.1. The van der Waals surface area contributed by atoms with Crippen molar-refractivity contribution in [3.05, 3.63) is 35.9 Å². The molecule has 0 aliphatic heterocycles. The standard InChI is InChI=1S/C11H9IO2/c12-7-4-8-14-11(13)9-10-5-2-1-3-6-10/h1-3,5-6H,8-9H2. The number of ether oxygens (including phenoxy) is 1. The molecule has 0 unspecified atom stereocenters. The quantitative estimate of drug-likeness (QED) is 0.486. The molecule has 0 aliphatic rings. The third-order valence-corrected chi connectivity index (χ3v) is 1.94. The summed E-state index contributed by atoms with van der Waals surface area (Å²) in [7, 11) is 0. The summed E-state index contributed by atoms with van der Waals surface area (Å²) in [6, 6.07) is 9.49. The van der Waals surface area contributed by atoms with E-state index in [9.17, 15) is 4.79 Å². The van der Waals surface area contributed by atoms with Crippen LogP contribution in [0.4, 0.5) is 0 Å². The Kier molecular flexibility index (Phi) is 5.08. The Morgan fingerprint density at radius 2 is 2.07 bits per heavy atom. The molecule has 0 fully saturated rings. The fourth-order valence-electron chi connectivity index (χ4n) is 0.957. The van der Waals surface area contributed by atoms with Crippen molar-refractivity contribution in [2.45, 2.75) is 6.42 Å². The van der Waals surface area contributed by atoms with E-state index in [-0.39, 0.29) is 12.6 Å². The topological polar surface area (TPSA) is 26.3 Å². The molecule has 0 heterocycles. The van der Waals surface area contributed by atoms with Crippen molar-refractivity contribution >= 4 is 28.6 Å². The fraction of sp³-hybridized carbons (Fsp3) is 0.182. The molecule has 0 amide bonds. The van der Waals surface area contributed by atoms with Gasteiger partial charge < -0.3 is 4.74 Å². The zero-order chi connectivity index (χ0) is 10.2. The van der Waals surface area contributed by atoms with Crippen molar-refractivity contribution in [2.75, 3.05) is 6.61 Å². The maximum Gasteiger partial charge on any atom is 0.311 e. The summed E-state index contributed by atoms with van der Waals surface area (Å²) in [6.07, 6.45) is 0.309. The molecular weight excluding hydrogens is 291 g/mol. The second-order valence-electron chi connectivity index (χ2n) is 2.59. The summed E-state index contributed by atoms with van der Waals surface area (Å²) in [6.45, 7) is 0.175. The molecule has 1 aromatic rings. The van der Waals surface area contributed by atoms with Crippen molar-refractivity contribution < 1.29 is 9.53 Å². The number of esters is 1. The molecule has 72 valence electrons. The molecule has 0 atom stereocenters. The van der Waals surface area contributed by atoms with Gasteiger partial charge in [-0.15, -0.1) is 0 Å². The van der Waals surface area contributed by atoms with E-state index in [2.05, 4.69) is 9.85 Å². The highest BCUT2D eigenvalue weighted by Crippen LogP contribution is 2.00. The zero-order valence-corrected chi connectivity index (χ0v) is 9.65. The Hall–Kier alpha value is -1.02. The largest absolute Gasteiger partial charge is 0.452 e. The monoisotopic (exact) mass is 300 g/mol. The molecule has 0 aromatic heterocycles. The Balaban J connectivity index is 2.37. The first-order valence-corrected chi connectivity index (χ1v) is 5.19. The lowest BCUT2D eigenvalue weighted by Gasteiger charge is -2.00. The highest BCUT2D eigenvalue weighted by Gasteiger charge is 2.02. The first kappa shape index (κ1) is 11.1. The smallest absolute Gasteiger partial charge is 0.311 e. The van der Waals surface area contributed by atoms with Crippen LogP contribution in [0.1, 0.15) is 5.56 Å². The van der Waals surface area contributed by atoms with Gasteiger partial charge in [0.25, 0.3) is 0 Å². The molecule has 0 aliphatic carbocycles. The first-order valence-electron chi connectivity index (χ1n) is 4.11. The van der Waals surface area contributed by atoms with Crippen molar-refractivity contribution in [1.29, 1.82) is 0 Å². The van der Waals surface area contributed by atoms with Crippen LogP contribution >= 0.6 is 22.6 Å². The number of halogens is 1. The highest BCUT2D eigenvalue weighted by atomic mass is 127. The van der Waals surface area contributed by atoms with Crippen LogP contribution in [-0.2, 0) is 16.0 Å². The van der Waals surface area contributed by atoms with E-state index < -0.39 is 0 Å². The van der Waals surface area contributed by atoms with Gasteiger partial charge in [0.1, 0.15) is 0 Å². The summed E-state index contributed by atoms with van der Waals surface area (Å²) in [4.78, 5) is 11.2. The van der Waals surface area contributed by atoms with Crippen LogP contribution in [0.5, 0.6) is 0 Å². The summed E-state index contributed by atoms with van der Waals surface area (Å²) in [5.74, 6) is 2.42. The normalized spacial score (nSPS) is 8.64. The average Bonchev–Trinajstić information content (AvgIpc) is 2.20. The van der Waals surface area contributed by atoms with Gasteiger partial charge in [-0.25, -0.2) is 0 Å². The second-order valence-corrected chi connectivity index (χ2v) is 3.13. The lowest BCUT2D eigenvalue weighted by atomic mass is 10.2. The lowest BCUT2D eigenvalue weighted by molar-refractivity contribution is -0.141. The fourth-order valence-corrected chi connectivity index (χ4v) is 1.11. The Morgan fingerprint density at radius 3 is 2.71 bits per heavy atom. The number of hydrogen-bond acceptors (Lipinski definition) is 2. The van der Waals surface area contributed by atoms with Crippen LogP contribution in [0.2, 0.25) is 0 Å². The molecule has 3 heteroatoms. The van der Waals surface area contributed by atoms with E-state index in [1.54, 1.807) is 0 Å². The minimum absolute atomic E-state index is 0.175. The van der Waals surface area contributed by atoms with Crippen LogP contribution in [0.3, 0.4) is 0 Å². The SMILES string of the molecule is O=C(Cc1ccccc1)OCC#CI. The Morgan fingerprint density at radius 1 is 1.36 bits per heavy atom. The van der Waals surface area contributed by atoms with Crippen LogP contribution in [0.25, 0.3) is 0 Å². The van der Waals surface area contributed by atoms with Crippen LogP contribution in [0, 0.1) is 9.85 Å².